The van der Waals surface area contributed by atoms with Gasteiger partial charge in [0.2, 0.25) is 0 Å². The minimum atomic E-state index is -0.664. The van der Waals surface area contributed by atoms with Crippen LogP contribution in [0, 0.1) is 6.92 Å². The Morgan fingerprint density at radius 2 is 1.92 bits per heavy atom. The Bertz CT molecular complexity index is 1530. The van der Waals surface area contributed by atoms with Gasteiger partial charge in [0.1, 0.15) is 5.75 Å². The van der Waals surface area contributed by atoms with Crippen molar-refractivity contribution >= 4 is 35.0 Å². The van der Waals surface area contributed by atoms with E-state index >= 15 is 0 Å². The summed E-state index contributed by atoms with van der Waals surface area (Å²) in [5.74, 6) is 0.604. The summed E-state index contributed by atoms with van der Waals surface area (Å²) in [6.07, 6.45) is 1.90. The van der Waals surface area contributed by atoms with Gasteiger partial charge in [0.15, 0.2) is 4.80 Å². The van der Waals surface area contributed by atoms with Crippen molar-refractivity contribution in [1.29, 1.82) is 0 Å². The number of halogens is 1. The maximum Gasteiger partial charge on any atom is 0.338 e. The van der Waals surface area contributed by atoms with E-state index in [2.05, 4.69) is 24.9 Å². The number of rotatable bonds is 6. The van der Waals surface area contributed by atoms with Crippen molar-refractivity contribution in [1.82, 2.24) is 4.57 Å². The molecule has 0 amide bonds. The first-order valence-corrected chi connectivity index (χ1v) is 13.0. The van der Waals surface area contributed by atoms with Crippen molar-refractivity contribution in [3.05, 3.63) is 94.6 Å². The van der Waals surface area contributed by atoms with Crippen LogP contribution >= 0.6 is 22.9 Å². The summed E-state index contributed by atoms with van der Waals surface area (Å²) in [4.78, 5) is 32.0. The third kappa shape index (κ3) is 4.77. The molecule has 1 atom stereocenters. The Morgan fingerprint density at radius 3 is 2.53 bits per heavy atom. The van der Waals surface area contributed by atoms with E-state index in [1.54, 1.807) is 37.7 Å². The number of allylic oxidation sites excluding steroid dienone is 1. The standard InChI is InChI=1S/C28H29ClN2O4S/c1-7-35-27(33)24-17(5)30-28-31(25(24)18-8-10-20(29)11-9-18)26(32)23(36-28)14-19-13-21(15(2)3)22(34-6)12-16(19)4/h8-15,25H,7H2,1-6H3/b23-14-/t25-/m1/s1. The van der Waals surface area contributed by atoms with Crippen molar-refractivity contribution in [3.8, 4) is 5.75 Å². The minimum absolute atomic E-state index is 0.214. The fourth-order valence-corrected chi connectivity index (χ4v) is 5.56. The molecule has 8 heteroatoms. The van der Waals surface area contributed by atoms with E-state index in [0.717, 1.165) is 28.0 Å². The topological polar surface area (TPSA) is 69.9 Å². The maximum absolute atomic E-state index is 13.8. The van der Waals surface area contributed by atoms with Crippen molar-refractivity contribution in [3.63, 3.8) is 0 Å². The zero-order chi connectivity index (χ0) is 26.1. The number of ether oxygens (including phenoxy) is 2. The summed E-state index contributed by atoms with van der Waals surface area (Å²) < 4.78 is 13.0. The number of hydrogen-bond acceptors (Lipinski definition) is 6. The van der Waals surface area contributed by atoms with Gasteiger partial charge in [-0.2, -0.15) is 0 Å². The molecule has 36 heavy (non-hydrogen) atoms. The van der Waals surface area contributed by atoms with Gasteiger partial charge in [-0.3, -0.25) is 9.36 Å². The Hall–Kier alpha value is -3.16. The van der Waals surface area contributed by atoms with Crippen LogP contribution in [0.5, 0.6) is 5.75 Å². The van der Waals surface area contributed by atoms with Gasteiger partial charge in [0, 0.05) is 5.02 Å². The van der Waals surface area contributed by atoms with E-state index in [0.29, 0.717) is 25.6 Å². The second-order valence-electron chi connectivity index (χ2n) is 8.96. The van der Waals surface area contributed by atoms with E-state index in [1.165, 1.54) is 11.3 Å². The normalized spacial score (nSPS) is 15.7. The summed E-state index contributed by atoms with van der Waals surface area (Å²) in [6, 6.07) is 10.6. The van der Waals surface area contributed by atoms with E-state index in [4.69, 9.17) is 21.1 Å². The van der Waals surface area contributed by atoms with Gasteiger partial charge < -0.3 is 9.47 Å². The highest BCUT2D eigenvalue weighted by atomic mass is 35.5. The quantitative estimate of drug-likeness (QED) is 0.430. The molecule has 0 saturated carbocycles. The molecule has 3 aromatic rings. The molecule has 1 aliphatic rings. The Balaban J connectivity index is 1.96. The van der Waals surface area contributed by atoms with Gasteiger partial charge in [-0.05, 0) is 79.3 Å². The number of methoxy groups -OCH3 is 1. The summed E-state index contributed by atoms with van der Waals surface area (Å²) in [5.41, 5.74) is 4.43. The number of aryl methyl sites for hydroxylation is 1. The lowest BCUT2D eigenvalue weighted by molar-refractivity contribution is -0.139. The van der Waals surface area contributed by atoms with E-state index in [-0.39, 0.29) is 18.1 Å². The maximum atomic E-state index is 13.8. The molecule has 0 N–H and O–H groups in total. The Kier molecular flexibility index (Phi) is 7.52. The number of nitrogens with zero attached hydrogens (tertiary/aromatic N) is 2. The second kappa shape index (κ2) is 10.4. The lowest BCUT2D eigenvalue weighted by atomic mass is 9.96. The van der Waals surface area contributed by atoms with Crippen molar-refractivity contribution in [2.24, 2.45) is 4.99 Å². The van der Waals surface area contributed by atoms with Gasteiger partial charge in [-0.1, -0.05) is 48.9 Å². The Morgan fingerprint density at radius 1 is 1.22 bits per heavy atom. The monoisotopic (exact) mass is 524 g/mol. The average Bonchev–Trinajstić information content (AvgIpc) is 3.14. The predicted molar refractivity (Wildman–Crippen MR) is 144 cm³/mol. The first-order chi connectivity index (χ1) is 17.2. The molecular formula is C28H29ClN2O4S. The third-order valence-electron chi connectivity index (χ3n) is 6.23. The smallest absolute Gasteiger partial charge is 0.338 e. The van der Waals surface area contributed by atoms with Gasteiger partial charge >= 0.3 is 5.97 Å². The van der Waals surface area contributed by atoms with Crippen LogP contribution in [-0.2, 0) is 9.53 Å². The number of carbonyl (C=O) groups is 1. The number of benzene rings is 2. The Labute approximate surface area is 219 Å². The molecule has 1 aromatic heterocycles. The number of thiazole rings is 1. The van der Waals surface area contributed by atoms with Crippen molar-refractivity contribution < 1.29 is 14.3 Å². The number of hydrogen-bond donors (Lipinski definition) is 0. The van der Waals surface area contributed by atoms with Gasteiger partial charge in [0.25, 0.3) is 5.56 Å². The van der Waals surface area contributed by atoms with Crippen LogP contribution in [0.4, 0.5) is 0 Å². The fourth-order valence-electron chi connectivity index (χ4n) is 4.39. The van der Waals surface area contributed by atoms with Crippen molar-refractivity contribution in [2.75, 3.05) is 13.7 Å². The molecule has 188 valence electrons. The van der Waals surface area contributed by atoms with Crippen LogP contribution in [0.25, 0.3) is 6.08 Å². The molecular weight excluding hydrogens is 496 g/mol. The first kappa shape index (κ1) is 25.9. The summed E-state index contributed by atoms with van der Waals surface area (Å²) >= 11 is 7.43. The van der Waals surface area contributed by atoms with Crippen LogP contribution in [0.2, 0.25) is 5.02 Å². The number of fused-ring (bicyclic) bond motifs is 1. The van der Waals surface area contributed by atoms with Gasteiger partial charge in [-0.25, -0.2) is 9.79 Å². The molecule has 0 radical (unpaired) electrons. The lowest BCUT2D eigenvalue weighted by Crippen LogP contribution is -2.39. The van der Waals surface area contributed by atoms with E-state index in [1.807, 2.05) is 31.2 Å². The molecule has 0 aliphatic carbocycles. The molecule has 0 saturated heterocycles. The highest BCUT2D eigenvalue weighted by molar-refractivity contribution is 7.07. The minimum Gasteiger partial charge on any atom is -0.496 e. The van der Waals surface area contributed by atoms with Gasteiger partial charge in [-0.15, -0.1) is 0 Å². The molecule has 1 aliphatic heterocycles. The fraction of sp³-hybridized carbons (Fsp3) is 0.321. The highest BCUT2D eigenvalue weighted by Gasteiger charge is 2.33. The lowest BCUT2D eigenvalue weighted by Gasteiger charge is -2.24. The van der Waals surface area contributed by atoms with Crippen LogP contribution in [-0.4, -0.2) is 24.3 Å². The SMILES string of the molecule is CCOC(=O)C1=C(C)N=c2s/c(=C\c3cc(C(C)C)c(OC)cc3C)c(=O)n2[C@@H]1c1ccc(Cl)cc1. The summed E-state index contributed by atoms with van der Waals surface area (Å²) in [7, 11) is 1.67. The molecule has 0 spiro atoms. The average molecular weight is 525 g/mol. The van der Waals surface area contributed by atoms with Crippen LogP contribution < -0.4 is 19.6 Å². The molecule has 0 fully saturated rings. The highest BCUT2D eigenvalue weighted by Crippen LogP contribution is 2.32. The van der Waals surface area contributed by atoms with E-state index in [9.17, 15) is 9.59 Å². The van der Waals surface area contributed by atoms with Crippen LogP contribution in [0.1, 0.15) is 61.9 Å². The summed E-state index contributed by atoms with van der Waals surface area (Å²) in [5, 5.41) is 0.570. The third-order valence-corrected chi connectivity index (χ3v) is 7.46. The zero-order valence-electron chi connectivity index (χ0n) is 21.2. The molecule has 0 unspecified atom stereocenters. The molecule has 0 bridgehead atoms. The predicted octanol–water partition coefficient (Wildman–Crippen LogP) is 4.89. The van der Waals surface area contributed by atoms with Crippen LogP contribution in [0.15, 0.2) is 57.5 Å². The molecule has 2 heterocycles. The molecule has 6 nitrogen and oxygen atoms in total. The summed E-state index contributed by atoms with van der Waals surface area (Å²) in [6.45, 7) is 9.96. The number of aromatic nitrogens is 1. The molecule has 2 aromatic carbocycles. The largest absolute Gasteiger partial charge is 0.496 e. The second-order valence-corrected chi connectivity index (χ2v) is 10.4. The molecule has 4 rings (SSSR count). The first-order valence-electron chi connectivity index (χ1n) is 11.8. The zero-order valence-corrected chi connectivity index (χ0v) is 22.8. The number of esters is 1. The number of carbonyl (C=O) groups excluding carboxylic acids is 1. The van der Waals surface area contributed by atoms with Gasteiger partial charge in [0.05, 0.1) is 35.6 Å². The van der Waals surface area contributed by atoms with Crippen LogP contribution in [0.3, 0.4) is 0 Å². The van der Waals surface area contributed by atoms with E-state index < -0.39 is 12.0 Å². The van der Waals surface area contributed by atoms with Crippen molar-refractivity contribution in [2.45, 2.75) is 46.6 Å².